The summed E-state index contributed by atoms with van der Waals surface area (Å²) in [5.74, 6) is -1.12. The Bertz CT molecular complexity index is 2160. The van der Waals surface area contributed by atoms with Gasteiger partial charge in [-0.25, -0.2) is 22.2 Å². The van der Waals surface area contributed by atoms with Crippen LogP contribution in [0.1, 0.15) is 24.3 Å². The average molecular weight is 603 g/mol. The number of nitrogens with two attached hydrogens (primary N) is 1. The fourth-order valence-corrected chi connectivity index (χ4v) is 5.39. The molecule has 0 fully saturated rings. The van der Waals surface area contributed by atoms with Gasteiger partial charge in [-0.15, -0.1) is 0 Å². The second kappa shape index (κ2) is 10.6. The molecule has 0 saturated heterocycles. The highest BCUT2D eigenvalue weighted by atomic mass is 32.2. The molecule has 43 heavy (non-hydrogen) atoms. The third kappa shape index (κ3) is 5.33. The third-order valence-corrected chi connectivity index (χ3v) is 8.10. The Morgan fingerprint density at radius 1 is 1.05 bits per heavy atom. The van der Waals surface area contributed by atoms with Gasteiger partial charge in [0.2, 0.25) is 5.91 Å². The molecule has 0 aliphatic carbocycles. The van der Waals surface area contributed by atoms with Crippen LogP contribution in [0.3, 0.4) is 0 Å². The van der Waals surface area contributed by atoms with Crippen molar-refractivity contribution in [1.29, 1.82) is 0 Å². The molecule has 6 aromatic rings. The minimum Gasteiger partial charge on any atom is -0.337 e. The molecule has 0 radical (unpaired) electrons. The number of H-pyrrole nitrogens is 2. The first-order chi connectivity index (χ1) is 20.5. The van der Waals surface area contributed by atoms with Crippen LogP contribution >= 0.6 is 0 Å². The van der Waals surface area contributed by atoms with Gasteiger partial charge in [-0.05, 0) is 53.6 Å². The maximum absolute atomic E-state index is 15.2. The number of sulfone groups is 1. The summed E-state index contributed by atoms with van der Waals surface area (Å²) >= 11 is 0. The summed E-state index contributed by atoms with van der Waals surface area (Å²) in [4.78, 5) is 28.2. The highest BCUT2D eigenvalue weighted by Gasteiger charge is 2.22. The van der Waals surface area contributed by atoms with Crippen molar-refractivity contribution in [2.45, 2.75) is 18.7 Å². The van der Waals surface area contributed by atoms with E-state index in [-0.39, 0.29) is 28.2 Å². The number of fused-ring (bicyclic) bond motifs is 2. The molecule has 4 heterocycles. The number of carbonyl (C=O) groups excluding carboxylic acids is 1. The molecule has 4 aromatic heterocycles. The summed E-state index contributed by atoms with van der Waals surface area (Å²) < 4.78 is 53.9. The number of aromatic nitrogens is 6. The molecule has 218 valence electrons. The molecular formula is C29H24F2N8O3S. The number of hydrogen-bond acceptors (Lipinski definition) is 8. The molecule has 0 saturated carbocycles. The Kier molecular flexibility index (Phi) is 6.94. The van der Waals surface area contributed by atoms with E-state index in [0.717, 1.165) is 12.3 Å². The van der Waals surface area contributed by atoms with Gasteiger partial charge in [0.1, 0.15) is 27.9 Å². The third-order valence-electron chi connectivity index (χ3n) is 6.91. The van der Waals surface area contributed by atoms with E-state index in [4.69, 9.17) is 5.73 Å². The van der Waals surface area contributed by atoms with Gasteiger partial charge in [-0.1, -0.05) is 6.92 Å². The van der Waals surface area contributed by atoms with Gasteiger partial charge in [0.05, 0.1) is 23.1 Å². The molecule has 0 aliphatic heterocycles. The predicted molar refractivity (Wildman–Crippen MR) is 158 cm³/mol. The normalized spacial score (nSPS) is 12.6. The molecule has 11 nitrogen and oxygen atoms in total. The zero-order valence-electron chi connectivity index (χ0n) is 22.8. The quantitative estimate of drug-likeness (QED) is 0.201. The SMILES string of the molecule is CCC(=O)Nc1cncc(-c2cc(F)c3n[nH]c(-c4nc5c(-c6cc(F)cc(C(N)S(C)(=O)=O)c6)nccc5[nH]4)c3c2)c1. The lowest BCUT2D eigenvalue weighted by Gasteiger charge is -2.12. The highest BCUT2D eigenvalue weighted by Crippen LogP contribution is 2.35. The van der Waals surface area contributed by atoms with Crippen molar-refractivity contribution in [2.24, 2.45) is 5.73 Å². The maximum atomic E-state index is 15.2. The molecule has 6 rings (SSSR count). The van der Waals surface area contributed by atoms with Gasteiger partial charge in [-0.2, -0.15) is 5.10 Å². The number of anilines is 1. The van der Waals surface area contributed by atoms with Gasteiger partial charge >= 0.3 is 0 Å². The number of hydrogen-bond donors (Lipinski definition) is 4. The number of benzene rings is 2. The number of nitrogens with zero attached hydrogens (tertiary/aromatic N) is 4. The standard InChI is InChI=1S/C29H24F2N8O3S/c1-3-23(40)35-19-9-17(12-33-13-19)14-10-20-25(21(31)11-14)38-39-26(20)29-36-22-4-5-34-24(27(22)37-29)15-6-16(8-18(30)7-15)28(32)43(2,41)42/h4-13,28H,3,32H2,1-2H3,(H,35,40)(H,36,37)(H,38,39). The summed E-state index contributed by atoms with van der Waals surface area (Å²) in [5.41, 5.74) is 9.44. The van der Waals surface area contributed by atoms with Crippen molar-refractivity contribution in [3.63, 3.8) is 0 Å². The Morgan fingerprint density at radius 3 is 2.63 bits per heavy atom. The van der Waals surface area contributed by atoms with Crippen LogP contribution in [0.5, 0.6) is 0 Å². The van der Waals surface area contributed by atoms with E-state index in [2.05, 4.69) is 35.5 Å². The molecular weight excluding hydrogens is 578 g/mol. The first-order valence-electron chi connectivity index (χ1n) is 13.0. The van der Waals surface area contributed by atoms with Gasteiger partial charge in [-0.3, -0.25) is 19.9 Å². The van der Waals surface area contributed by atoms with E-state index in [1.807, 2.05) is 0 Å². The van der Waals surface area contributed by atoms with Crippen LogP contribution < -0.4 is 11.1 Å². The van der Waals surface area contributed by atoms with Crippen molar-refractivity contribution < 1.29 is 22.0 Å². The van der Waals surface area contributed by atoms with Crippen LogP contribution in [0.25, 0.3) is 55.8 Å². The molecule has 2 aromatic carbocycles. The molecule has 1 atom stereocenters. The van der Waals surface area contributed by atoms with Crippen molar-refractivity contribution in [1.82, 2.24) is 30.1 Å². The zero-order valence-corrected chi connectivity index (χ0v) is 23.6. The number of pyridine rings is 2. The number of amides is 1. The second-order valence-corrected chi connectivity index (χ2v) is 12.1. The van der Waals surface area contributed by atoms with Crippen LogP contribution in [0.2, 0.25) is 0 Å². The number of halogens is 2. The van der Waals surface area contributed by atoms with Crippen LogP contribution in [0, 0.1) is 11.6 Å². The fourth-order valence-electron chi connectivity index (χ4n) is 4.76. The lowest BCUT2D eigenvalue weighted by atomic mass is 10.0. The van der Waals surface area contributed by atoms with Gasteiger partial charge in [0, 0.05) is 41.6 Å². The van der Waals surface area contributed by atoms with Crippen molar-refractivity contribution in [3.8, 4) is 33.9 Å². The van der Waals surface area contributed by atoms with Crippen LogP contribution in [-0.4, -0.2) is 50.7 Å². The number of carbonyl (C=O) groups is 1. The van der Waals surface area contributed by atoms with Crippen molar-refractivity contribution >= 4 is 43.4 Å². The first-order valence-corrected chi connectivity index (χ1v) is 15.0. The van der Waals surface area contributed by atoms with E-state index in [1.165, 1.54) is 30.6 Å². The van der Waals surface area contributed by atoms with Crippen molar-refractivity contribution in [3.05, 3.63) is 78.3 Å². The summed E-state index contributed by atoms with van der Waals surface area (Å²) in [6.45, 7) is 1.73. The number of rotatable bonds is 7. The minimum atomic E-state index is -3.69. The topological polar surface area (TPSA) is 172 Å². The molecule has 0 spiro atoms. The molecule has 5 N–H and O–H groups in total. The largest absolute Gasteiger partial charge is 0.337 e. The van der Waals surface area contributed by atoms with Crippen LogP contribution in [0.4, 0.5) is 14.5 Å². The number of imidazole rings is 1. The Labute approximate surface area is 243 Å². The van der Waals surface area contributed by atoms with Crippen LogP contribution in [-0.2, 0) is 14.6 Å². The summed E-state index contributed by atoms with van der Waals surface area (Å²) in [6.07, 6.45) is 5.84. The number of aromatic amines is 2. The van der Waals surface area contributed by atoms with Gasteiger partial charge in [0.15, 0.2) is 21.5 Å². The first kappa shape index (κ1) is 28.1. The molecule has 0 aliphatic rings. The lowest BCUT2D eigenvalue weighted by Crippen LogP contribution is -2.20. The van der Waals surface area contributed by atoms with E-state index in [0.29, 0.717) is 51.2 Å². The molecule has 1 unspecified atom stereocenters. The molecule has 0 bridgehead atoms. The molecule has 1 amide bonds. The fraction of sp³-hybridized carbons (Fsp3) is 0.138. The Morgan fingerprint density at radius 2 is 1.86 bits per heavy atom. The second-order valence-electron chi connectivity index (χ2n) is 9.98. The summed E-state index contributed by atoms with van der Waals surface area (Å²) in [6, 6.07) is 10.2. The van der Waals surface area contributed by atoms with Crippen molar-refractivity contribution in [2.75, 3.05) is 11.6 Å². The van der Waals surface area contributed by atoms with E-state index >= 15 is 4.39 Å². The highest BCUT2D eigenvalue weighted by molar-refractivity contribution is 7.90. The Hall–Kier alpha value is -5.08. The van der Waals surface area contributed by atoms with E-state index in [1.54, 1.807) is 31.3 Å². The summed E-state index contributed by atoms with van der Waals surface area (Å²) in [7, 11) is -3.69. The Balaban J connectivity index is 1.45. The van der Waals surface area contributed by atoms with Crippen LogP contribution in [0.15, 0.2) is 61.1 Å². The lowest BCUT2D eigenvalue weighted by molar-refractivity contribution is -0.115. The number of nitrogens with one attached hydrogen (secondary N) is 3. The summed E-state index contributed by atoms with van der Waals surface area (Å²) in [5, 5.41) is 8.74. The minimum absolute atomic E-state index is 0.0717. The average Bonchev–Trinajstić information content (AvgIpc) is 3.60. The van der Waals surface area contributed by atoms with E-state index in [9.17, 15) is 17.6 Å². The van der Waals surface area contributed by atoms with Gasteiger partial charge in [0.25, 0.3) is 0 Å². The zero-order chi connectivity index (χ0) is 30.5. The van der Waals surface area contributed by atoms with E-state index < -0.39 is 26.8 Å². The monoisotopic (exact) mass is 602 g/mol. The smallest absolute Gasteiger partial charge is 0.224 e. The molecule has 14 heteroatoms. The maximum Gasteiger partial charge on any atom is 0.224 e. The predicted octanol–water partition coefficient (Wildman–Crippen LogP) is 4.86. The van der Waals surface area contributed by atoms with Gasteiger partial charge < -0.3 is 16.0 Å².